The number of hydrogen-bond donors (Lipinski definition) is 2. The van der Waals surface area contributed by atoms with Gasteiger partial charge in [0.05, 0.1) is 5.69 Å². The highest BCUT2D eigenvalue weighted by molar-refractivity contribution is 5.05. The van der Waals surface area contributed by atoms with Gasteiger partial charge in [0.1, 0.15) is 11.9 Å². The lowest BCUT2D eigenvalue weighted by atomic mass is 10.2. The number of hydrogen-bond acceptors (Lipinski definition) is 4. The summed E-state index contributed by atoms with van der Waals surface area (Å²) in [7, 11) is 1.65. The predicted molar refractivity (Wildman–Crippen MR) is 69.4 cm³/mol. The van der Waals surface area contributed by atoms with Gasteiger partial charge in [-0.25, -0.2) is 4.98 Å². The predicted octanol–water partition coefficient (Wildman–Crippen LogP) is 1.51. The molecule has 2 rings (SSSR count). The fourth-order valence-corrected chi connectivity index (χ4v) is 1.94. The van der Waals surface area contributed by atoms with Crippen LogP contribution in [-0.2, 0) is 11.3 Å². The Kier molecular flexibility index (Phi) is 4.49. The maximum absolute atomic E-state index is 11.6. The van der Waals surface area contributed by atoms with E-state index in [2.05, 4.69) is 22.2 Å². The van der Waals surface area contributed by atoms with Gasteiger partial charge in [-0.05, 0) is 19.3 Å². The summed E-state index contributed by atoms with van der Waals surface area (Å²) in [4.78, 5) is 18.9. The summed E-state index contributed by atoms with van der Waals surface area (Å²) < 4.78 is 5.37. The van der Waals surface area contributed by atoms with E-state index in [1.54, 1.807) is 13.2 Å². The Balaban J connectivity index is 2.10. The molecule has 1 atom stereocenters. The standard InChI is InChI=1S/C13H21N3O2/c1-3-4-11(18-2)13-15-10(7-12(17)16-13)8-14-9-5-6-9/h7,9,11,14H,3-6,8H2,1-2H3,(H,15,16,17). The molecule has 0 bridgehead atoms. The topological polar surface area (TPSA) is 67.0 Å². The van der Waals surface area contributed by atoms with Gasteiger partial charge in [-0.1, -0.05) is 13.3 Å². The SMILES string of the molecule is CCCC(OC)c1nc(CNC2CC2)cc(=O)[nH]1. The summed E-state index contributed by atoms with van der Waals surface area (Å²) in [5.74, 6) is 0.638. The Morgan fingerprint density at radius 3 is 3.00 bits per heavy atom. The number of aromatic nitrogens is 2. The van der Waals surface area contributed by atoms with E-state index in [0.29, 0.717) is 18.4 Å². The maximum Gasteiger partial charge on any atom is 0.251 e. The Morgan fingerprint density at radius 2 is 2.39 bits per heavy atom. The molecule has 2 N–H and O–H groups in total. The van der Waals surface area contributed by atoms with Crippen molar-refractivity contribution in [3.63, 3.8) is 0 Å². The molecule has 0 saturated heterocycles. The van der Waals surface area contributed by atoms with Crippen molar-refractivity contribution in [2.24, 2.45) is 0 Å². The van der Waals surface area contributed by atoms with Gasteiger partial charge in [0, 0.05) is 25.8 Å². The first kappa shape index (κ1) is 13.2. The Morgan fingerprint density at radius 1 is 1.61 bits per heavy atom. The van der Waals surface area contributed by atoms with Crippen LogP contribution in [0.15, 0.2) is 10.9 Å². The van der Waals surface area contributed by atoms with Crippen LogP contribution in [0.2, 0.25) is 0 Å². The summed E-state index contributed by atoms with van der Waals surface area (Å²) in [6.07, 6.45) is 4.19. The van der Waals surface area contributed by atoms with E-state index in [1.165, 1.54) is 12.8 Å². The smallest absolute Gasteiger partial charge is 0.251 e. The Labute approximate surface area is 107 Å². The van der Waals surface area contributed by atoms with Crippen molar-refractivity contribution in [1.82, 2.24) is 15.3 Å². The lowest BCUT2D eigenvalue weighted by Gasteiger charge is -2.14. The number of nitrogens with zero attached hydrogens (tertiary/aromatic N) is 1. The third-order valence-electron chi connectivity index (χ3n) is 3.10. The van der Waals surface area contributed by atoms with Crippen LogP contribution < -0.4 is 10.9 Å². The maximum atomic E-state index is 11.6. The molecule has 5 nitrogen and oxygen atoms in total. The molecule has 0 aliphatic heterocycles. The van der Waals surface area contributed by atoms with Crippen LogP contribution in [0.5, 0.6) is 0 Å². The molecule has 1 saturated carbocycles. The van der Waals surface area contributed by atoms with E-state index in [4.69, 9.17) is 4.74 Å². The highest BCUT2D eigenvalue weighted by Crippen LogP contribution is 2.20. The van der Waals surface area contributed by atoms with Crippen molar-refractivity contribution >= 4 is 0 Å². The summed E-state index contributed by atoms with van der Waals surface area (Å²) in [5, 5.41) is 3.36. The third-order valence-corrected chi connectivity index (χ3v) is 3.10. The van der Waals surface area contributed by atoms with E-state index in [1.807, 2.05) is 0 Å². The van der Waals surface area contributed by atoms with Gasteiger partial charge in [0.25, 0.3) is 5.56 Å². The van der Waals surface area contributed by atoms with E-state index < -0.39 is 0 Å². The van der Waals surface area contributed by atoms with Crippen molar-refractivity contribution in [2.45, 2.75) is 51.3 Å². The molecule has 1 aromatic heterocycles. The van der Waals surface area contributed by atoms with Crippen LogP contribution in [0, 0.1) is 0 Å². The van der Waals surface area contributed by atoms with Crippen LogP contribution in [0.3, 0.4) is 0 Å². The van der Waals surface area contributed by atoms with Gasteiger partial charge in [-0.15, -0.1) is 0 Å². The zero-order chi connectivity index (χ0) is 13.0. The van der Waals surface area contributed by atoms with Gasteiger partial charge in [-0.3, -0.25) is 4.79 Å². The highest BCUT2D eigenvalue weighted by atomic mass is 16.5. The minimum Gasteiger partial charge on any atom is -0.374 e. The average Bonchev–Trinajstić information content (AvgIpc) is 3.16. The lowest BCUT2D eigenvalue weighted by Crippen LogP contribution is -2.21. The molecule has 0 aromatic carbocycles. The summed E-state index contributed by atoms with van der Waals surface area (Å²) in [6.45, 7) is 2.74. The van der Waals surface area contributed by atoms with Crippen molar-refractivity contribution in [3.05, 3.63) is 27.9 Å². The van der Waals surface area contributed by atoms with Gasteiger partial charge >= 0.3 is 0 Å². The molecule has 1 aliphatic rings. The van der Waals surface area contributed by atoms with Crippen molar-refractivity contribution in [2.75, 3.05) is 7.11 Å². The molecule has 0 radical (unpaired) electrons. The molecular weight excluding hydrogens is 230 g/mol. The molecule has 5 heteroatoms. The third kappa shape index (κ3) is 3.65. The number of methoxy groups -OCH3 is 1. The summed E-state index contributed by atoms with van der Waals surface area (Å²) in [5.41, 5.74) is 0.685. The van der Waals surface area contributed by atoms with Crippen LogP contribution in [-0.4, -0.2) is 23.1 Å². The normalized spacial score (nSPS) is 16.8. The zero-order valence-electron chi connectivity index (χ0n) is 11.0. The average molecular weight is 251 g/mol. The fraction of sp³-hybridized carbons (Fsp3) is 0.692. The quantitative estimate of drug-likeness (QED) is 0.771. The number of H-pyrrole nitrogens is 1. The van der Waals surface area contributed by atoms with Gasteiger partial charge in [-0.2, -0.15) is 0 Å². The van der Waals surface area contributed by atoms with Crippen LogP contribution >= 0.6 is 0 Å². The molecule has 0 amide bonds. The molecule has 1 fully saturated rings. The summed E-state index contributed by atoms with van der Waals surface area (Å²) in [6, 6.07) is 2.17. The van der Waals surface area contributed by atoms with Gasteiger partial charge < -0.3 is 15.0 Å². The van der Waals surface area contributed by atoms with Crippen molar-refractivity contribution in [3.8, 4) is 0 Å². The first-order valence-electron chi connectivity index (χ1n) is 6.59. The van der Waals surface area contributed by atoms with E-state index in [9.17, 15) is 4.79 Å². The second-order valence-corrected chi connectivity index (χ2v) is 4.79. The summed E-state index contributed by atoms with van der Waals surface area (Å²) >= 11 is 0. The minimum absolute atomic E-state index is 0.106. The minimum atomic E-state index is -0.122. The van der Waals surface area contributed by atoms with Crippen LogP contribution in [0.4, 0.5) is 0 Å². The second kappa shape index (κ2) is 6.11. The van der Waals surface area contributed by atoms with E-state index in [0.717, 1.165) is 18.5 Å². The number of rotatable bonds is 7. The Bertz CT molecular complexity index is 440. The molecule has 1 unspecified atom stereocenters. The zero-order valence-corrected chi connectivity index (χ0v) is 11.0. The second-order valence-electron chi connectivity index (χ2n) is 4.79. The molecule has 100 valence electrons. The van der Waals surface area contributed by atoms with E-state index >= 15 is 0 Å². The number of ether oxygens (including phenoxy) is 1. The fourth-order valence-electron chi connectivity index (χ4n) is 1.94. The molecule has 1 heterocycles. The monoisotopic (exact) mass is 251 g/mol. The first-order chi connectivity index (χ1) is 8.72. The molecule has 1 aromatic rings. The molecule has 1 aliphatic carbocycles. The first-order valence-corrected chi connectivity index (χ1v) is 6.59. The number of nitrogens with one attached hydrogen (secondary N) is 2. The highest BCUT2D eigenvalue weighted by Gasteiger charge is 2.20. The van der Waals surface area contributed by atoms with E-state index in [-0.39, 0.29) is 11.7 Å². The van der Waals surface area contributed by atoms with Gasteiger partial charge in [0.2, 0.25) is 0 Å². The molecular formula is C13H21N3O2. The lowest BCUT2D eigenvalue weighted by molar-refractivity contribution is 0.0871. The Hall–Kier alpha value is -1.20. The molecule has 0 spiro atoms. The van der Waals surface area contributed by atoms with Crippen LogP contribution in [0.1, 0.15) is 50.2 Å². The van der Waals surface area contributed by atoms with Crippen LogP contribution in [0.25, 0.3) is 0 Å². The van der Waals surface area contributed by atoms with Crippen molar-refractivity contribution < 1.29 is 4.74 Å². The van der Waals surface area contributed by atoms with Gasteiger partial charge in [0.15, 0.2) is 0 Å². The number of aromatic amines is 1. The largest absolute Gasteiger partial charge is 0.374 e. The molecule has 18 heavy (non-hydrogen) atoms. The van der Waals surface area contributed by atoms with Crippen molar-refractivity contribution in [1.29, 1.82) is 0 Å².